The fraction of sp³-hybridized carbons (Fsp3) is 0.0769. The number of amides is 1. The Kier molecular flexibility index (Phi) is 4.32. The zero-order valence-electron chi connectivity index (χ0n) is 16.9. The lowest BCUT2D eigenvalue weighted by molar-refractivity contribution is -0.110. The van der Waals surface area contributed by atoms with Crippen molar-refractivity contribution < 1.29 is 4.79 Å². The molecule has 4 heteroatoms. The van der Waals surface area contributed by atoms with Crippen molar-refractivity contribution in [1.82, 2.24) is 9.97 Å². The molecule has 2 N–H and O–H groups in total. The van der Waals surface area contributed by atoms with Crippen LogP contribution in [0.1, 0.15) is 22.5 Å². The van der Waals surface area contributed by atoms with Crippen molar-refractivity contribution in [2.24, 2.45) is 0 Å². The average Bonchev–Trinajstić information content (AvgIpc) is 3.26. The molecule has 1 amide bonds. The van der Waals surface area contributed by atoms with Crippen LogP contribution in [0.5, 0.6) is 0 Å². The zero-order chi connectivity index (χ0) is 20.7. The van der Waals surface area contributed by atoms with E-state index in [4.69, 9.17) is 0 Å². The summed E-state index contributed by atoms with van der Waals surface area (Å²) in [4.78, 5) is 20.5. The van der Waals surface area contributed by atoms with E-state index >= 15 is 0 Å². The topological polar surface area (TPSA) is 57.8 Å². The summed E-state index contributed by atoms with van der Waals surface area (Å²) in [7, 11) is 0. The Balaban J connectivity index is 1.57. The molecule has 0 saturated heterocycles. The van der Waals surface area contributed by atoms with E-state index in [2.05, 4.69) is 39.6 Å². The molecule has 0 radical (unpaired) electrons. The summed E-state index contributed by atoms with van der Waals surface area (Å²) >= 11 is 0. The van der Waals surface area contributed by atoms with E-state index in [9.17, 15) is 4.79 Å². The van der Waals surface area contributed by atoms with Crippen molar-refractivity contribution in [3.05, 3.63) is 95.4 Å². The van der Waals surface area contributed by atoms with Crippen LogP contribution in [0.25, 0.3) is 34.0 Å². The van der Waals surface area contributed by atoms with Gasteiger partial charge in [0, 0.05) is 34.4 Å². The molecule has 0 atom stereocenters. The summed E-state index contributed by atoms with van der Waals surface area (Å²) in [5, 5.41) is 2.97. The maximum Gasteiger partial charge on any atom is 0.256 e. The predicted octanol–water partition coefficient (Wildman–Crippen LogP) is 5.85. The van der Waals surface area contributed by atoms with Gasteiger partial charge in [0.25, 0.3) is 5.91 Å². The molecule has 0 aliphatic carbocycles. The van der Waals surface area contributed by atoms with Gasteiger partial charge >= 0.3 is 0 Å². The van der Waals surface area contributed by atoms with E-state index in [-0.39, 0.29) is 5.91 Å². The van der Waals surface area contributed by atoms with Crippen molar-refractivity contribution in [2.75, 3.05) is 5.32 Å². The predicted molar refractivity (Wildman–Crippen MR) is 122 cm³/mol. The minimum Gasteiger partial charge on any atom is -0.359 e. The Hall–Kier alpha value is -3.92. The second kappa shape index (κ2) is 7.16. The third-order valence-electron chi connectivity index (χ3n) is 5.44. The maximum atomic E-state index is 12.6. The van der Waals surface area contributed by atoms with Gasteiger partial charge in [0.15, 0.2) is 0 Å². The molecule has 146 valence electrons. The van der Waals surface area contributed by atoms with Crippen LogP contribution in [0.2, 0.25) is 0 Å². The van der Waals surface area contributed by atoms with Gasteiger partial charge in [-0.3, -0.25) is 9.78 Å². The number of pyridine rings is 1. The lowest BCUT2D eigenvalue weighted by atomic mass is 9.99. The molecular formula is C26H21N3O. The number of carbonyl (C=O) groups excluding carboxylic acids is 1. The van der Waals surface area contributed by atoms with Gasteiger partial charge in [-0.15, -0.1) is 0 Å². The second-order valence-electron chi connectivity index (χ2n) is 7.62. The molecule has 2 aromatic carbocycles. The number of rotatable bonds is 3. The zero-order valence-corrected chi connectivity index (χ0v) is 16.9. The molecule has 2 aromatic heterocycles. The van der Waals surface area contributed by atoms with Crippen LogP contribution < -0.4 is 5.32 Å². The van der Waals surface area contributed by atoms with Crippen LogP contribution in [-0.2, 0) is 4.79 Å². The molecule has 5 rings (SSSR count). The first-order valence-corrected chi connectivity index (χ1v) is 9.94. The first-order valence-electron chi connectivity index (χ1n) is 9.94. The van der Waals surface area contributed by atoms with E-state index in [0.717, 1.165) is 50.6 Å². The first kappa shape index (κ1) is 18.1. The van der Waals surface area contributed by atoms with Gasteiger partial charge in [-0.2, -0.15) is 0 Å². The smallest absolute Gasteiger partial charge is 0.256 e. The van der Waals surface area contributed by atoms with Crippen molar-refractivity contribution in [2.45, 2.75) is 13.8 Å². The molecule has 0 saturated carbocycles. The minimum atomic E-state index is -0.0835. The van der Waals surface area contributed by atoms with E-state index in [1.54, 1.807) is 0 Å². The van der Waals surface area contributed by atoms with E-state index < -0.39 is 0 Å². The van der Waals surface area contributed by atoms with Gasteiger partial charge in [0.2, 0.25) is 0 Å². The fourth-order valence-electron chi connectivity index (χ4n) is 3.93. The van der Waals surface area contributed by atoms with Crippen LogP contribution in [0.3, 0.4) is 0 Å². The number of fused-ring (bicyclic) bond motifs is 1. The van der Waals surface area contributed by atoms with Crippen molar-refractivity contribution in [1.29, 1.82) is 0 Å². The largest absolute Gasteiger partial charge is 0.359 e. The number of aromatic amines is 1. The Morgan fingerprint density at radius 1 is 0.867 bits per heavy atom. The minimum absolute atomic E-state index is 0.0835. The lowest BCUT2D eigenvalue weighted by Crippen LogP contribution is -2.03. The molecular weight excluding hydrogens is 370 g/mol. The van der Waals surface area contributed by atoms with Gasteiger partial charge in [-0.1, -0.05) is 36.4 Å². The van der Waals surface area contributed by atoms with Crippen LogP contribution in [0.4, 0.5) is 5.69 Å². The lowest BCUT2D eigenvalue weighted by Gasteiger charge is -2.07. The number of H-pyrrole nitrogens is 1. The van der Waals surface area contributed by atoms with Crippen LogP contribution >= 0.6 is 0 Å². The standard InChI is InChI=1S/C26H21N3O/c1-16-12-17(2)28-24(16)15-22-21-13-20(8-9-23(21)29-26(22)30)25-14-19(10-11-27-25)18-6-4-3-5-7-18/h3-15,28H,1-2H3,(H,29,30)/b22-15-. The van der Waals surface area contributed by atoms with Crippen LogP contribution in [0.15, 0.2) is 72.9 Å². The number of hydrogen-bond donors (Lipinski definition) is 2. The highest BCUT2D eigenvalue weighted by Gasteiger charge is 2.25. The molecule has 1 aliphatic rings. The number of carbonyl (C=O) groups is 1. The van der Waals surface area contributed by atoms with Gasteiger partial charge < -0.3 is 10.3 Å². The molecule has 0 fully saturated rings. The number of hydrogen-bond acceptors (Lipinski definition) is 2. The highest BCUT2D eigenvalue weighted by molar-refractivity contribution is 6.35. The van der Waals surface area contributed by atoms with Crippen LogP contribution in [-0.4, -0.2) is 15.9 Å². The van der Waals surface area contributed by atoms with Gasteiger partial charge in [-0.25, -0.2) is 0 Å². The third-order valence-corrected chi connectivity index (χ3v) is 5.44. The normalized spacial score (nSPS) is 14.1. The molecule has 3 heterocycles. The summed E-state index contributed by atoms with van der Waals surface area (Å²) in [5.74, 6) is -0.0835. The second-order valence-corrected chi connectivity index (χ2v) is 7.62. The number of anilines is 1. The van der Waals surface area contributed by atoms with E-state index in [0.29, 0.717) is 5.57 Å². The first-order chi connectivity index (χ1) is 14.6. The Morgan fingerprint density at radius 3 is 2.47 bits per heavy atom. The van der Waals surface area contributed by atoms with Crippen molar-refractivity contribution in [3.63, 3.8) is 0 Å². The van der Waals surface area contributed by atoms with Crippen LogP contribution in [0, 0.1) is 13.8 Å². The molecule has 0 bridgehead atoms. The SMILES string of the molecule is Cc1cc(C)c(/C=C2\C(=O)Nc3ccc(-c4cc(-c5ccccc5)ccn4)cc32)[nH]1. The molecule has 4 nitrogen and oxygen atoms in total. The quantitative estimate of drug-likeness (QED) is 0.430. The summed E-state index contributed by atoms with van der Waals surface area (Å²) in [6, 6.07) is 22.4. The summed E-state index contributed by atoms with van der Waals surface area (Å²) < 4.78 is 0. The van der Waals surface area contributed by atoms with Crippen molar-refractivity contribution >= 4 is 23.2 Å². The highest BCUT2D eigenvalue weighted by atomic mass is 16.2. The molecule has 30 heavy (non-hydrogen) atoms. The van der Waals surface area contributed by atoms with Gasteiger partial charge in [0.1, 0.15) is 0 Å². The van der Waals surface area contributed by atoms with Crippen molar-refractivity contribution in [3.8, 4) is 22.4 Å². The molecule has 0 spiro atoms. The summed E-state index contributed by atoms with van der Waals surface area (Å²) in [5.41, 5.74) is 9.67. The Morgan fingerprint density at radius 2 is 1.70 bits per heavy atom. The number of aromatic nitrogens is 2. The molecule has 1 aliphatic heterocycles. The number of nitrogens with one attached hydrogen (secondary N) is 2. The Labute approximate surface area is 175 Å². The molecule has 4 aromatic rings. The fourth-order valence-corrected chi connectivity index (χ4v) is 3.93. The third kappa shape index (κ3) is 3.22. The average molecular weight is 391 g/mol. The van der Waals surface area contributed by atoms with E-state index in [1.807, 2.05) is 68.6 Å². The van der Waals surface area contributed by atoms with Gasteiger partial charge in [0.05, 0.1) is 11.3 Å². The Bertz CT molecular complexity index is 1300. The monoisotopic (exact) mass is 391 g/mol. The van der Waals surface area contributed by atoms with E-state index in [1.165, 1.54) is 0 Å². The number of benzene rings is 2. The number of nitrogens with zero attached hydrogens (tertiary/aromatic N) is 1. The maximum absolute atomic E-state index is 12.6. The highest BCUT2D eigenvalue weighted by Crippen LogP contribution is 2.36. The number of aryl methyl sites for hydroxylation is 2. The summed E-state index contributed by atoms with van der Waals surface area (Å²) in [6.45, 7) is 4.06. The van der Waals surface area contributed by atoms with Gasteiger partial charge in [-0.05, 0) is 66.9 Å². The molecule has 0 unspecified atom stereocenters. The summed E-state index contributed by atoms with van der Waals surface area (Å²) in [6.07, 6.45) is 3.76.